The van der Waals surface area contributed by atoms with E-state index in [9.17, 15) is 24.0 Å². The molecule has 1 saturated heterocycles. The Kier molecular flexibility index (Phi) is 9.70. The average Bonchev–Trinajstić information content (AvgIpc) is 3.16. The zero-order valence-corrected chi connectivity index (χ0v) is 17.9. The highest BCUT2D eigenvalue weighted by molar-refractivity contribution is 5.94. The highest BCUT2D eigenvalue weighted by atomic mass is 16.4. The molecule has 1 rings (SSSR count). The molecular formula is C19H33N5O6. The maximum Gasteiger partial charge on any atom is 0.322 e. The van der Waals surface area contributed by atoms with Crippen LogP contribution in [0, 0.1) is 11.8 Å². The molecule has 1 aliphatic rings. The summed E-state index contributed by atoms with van der Waals surface area (Å²) in [4.78, 5) is 61.5. The van der Waals surface area contributed by atoms with E-state index in [1.807, 2.05) is 0 Å². The van der Waals surface area contributed by atoms with Gasteiger partial charge in [-0.2, -0.15) is 0 Å². The van der Waals surface area contributed by atoms with E-state index in [0.29, 0.717) is 19.4 Å². The van der Waals surface area contributed by atoms with Crippen LogP contribution in [0.3, 0.4) is 0 Å². The van der Waals surface area contributed by atoms with Gasteiger partial charge < -0.3 is 31.7 Å². The third-order valence-corrected chi connectivity index (χ3v) is 4.95. The zero-order valence-electron chi connectivity index (χ0n) is 17.9. The maximum absolute atomic E-state index is 13.0. The molecule has 170 valence electrons. The van der Waals surface area contributed by atoms with E-state index in [-0.39, 0.29) is 18.4 Å². The van der Waals surface area contributed by atoms with E-state index in [4.69, 9.17) is 10.8 Å². The van der Waals surface area contributed by atoms with Crippen LogP contribution < -0.4 is 21.7 Å². The number of nitrogens with two attached hydrogens (primary N) is 1. The van der Waals surface area contributed by atoms with Crippen molar-refractivity contribution in [3.63, 3.8) is 0 Å². The van der Waals surface area contributed by atoms with Crippen molar-refractivity contribution in [1.29, 1.82) is 0 Å². The number of hydrogen-bond acceptors (Lipinski definition) is 6. The van der Waals surface area contributed by atoms with Crippen molar-refractivity contribution in [3.05, 3.63) is 0 Å². The summed E-state index contributed by atoms with van der Waals surface area (Å²) in [7, 11) is 0. The van der Waals surface area contributed by atoms with Crippen LogP contribution in [-0.4, -0.2) is 77.4 Å². The molecule has 0 bridgehead atoms. The Balaban J connectivity index is 2.73. The number of carboxylic acid groups (broad SMARTS) is 1. The molecule has 1 fully saturated rings. The molecule has 30 heavy (non-hydrogen) atoms. The van der Waals surface area contributed by atoms with Gasteiger partial charge in [0.25, 0.3) is 0 Å². The van der Waals surface area contributed by atoms with Crippen LogP contribution >= 0.6 is 0 Å². The first-order valence-electron chi connectivity index (χ1n) is 10.1. The van der Waals surface area contributed by atoms with Crippen LogP contribution in [0.2, 0.25) is 0 Å². The van der Waals surface area contributed by atoms with Crippen molar-refractivity contribution >= 4 is 29.6 Å². The number of carboxylic acids is 1. The molecule has 0 spiro atoms. The Labute approximate surface area is 176 Å². The molecule has 3 atom stereocenters. The summed E-state index contributed by atoms with van der Waals surface area (Å²) >= 11 is 0. The molecule has 3 unspecified atom stereocenters. The van der Waals surface area contributed by atoms with E-state index < -0.39 is 54.3 Å². The predicted octanol–water partition coefficient (Wildman–Crippen LogP) is -1.58. The summed E-state index contributed by atoms with van der Waals surface area (Å²) in [6, 6.07) is -2.41. The average molecular weight is 428 g/mol. The van der Waals surface area contributed by atoms with Gasteiger partial charge in [0, 0.05) is 6.54 Å². The van der Waals surface area contributed by atoms with E-state index in [0.717, 1.165) is 0 Å². The SMILES string of the molecule is CC(C)C(N)C(=O)NCC(=O)NC(C(=O)N1CCCC1C(=O)NCC(=O)O)C(C)C. The largest absolute Gasteiger partial charge is 0.480 e. The van der Waals surface area contributed by atoms with Crippen LogP contribution in [0.1, 0.15) is 40.5 Å². The van der Waals surface area contributed by atoms with Gasteiger partial charge in [0.05, 0.1) is 12.6 Å². The molecule has 11 heteroatoms. The van der Waals surface area contributed by atoms with E-state index in [1.54, 1.807) is 27.7 Å². The standard InChI is InChI=1S/C19H33N5O6/c1-10(2)15(20)18(29)21-8-13(25)23-16(11(3)4)19(30)24-7-5-6-12(24)17(28)22-9-14(26)27/h10-12,15-16H,5-9,20H2,1-4H3,(H,21,29)(H,22,28)(H,23,25)(H,26,27). The van der Waals surface area contributed by atoms with Gasteiger partial charge in [0.2, 0.25) is 23.6 Å². The fraction of sp³-hybridized carbons (Fsp3) is 0.737. The quantitative estimate of drug-likeness (QED) is 0.280. The molecule has 11 nitrogen and oxygen atoms in total. The number of nitrogens with one attached hydrogen (secondary N) is 3. The number of amides is 4. The number of rotatable bonds is 10. The molecule has 0 aliphatic carbocycles. The minimum absolute atomic E-state index is 0.0857. The van der Waals surface area contributed by atoms with Crippen molar-refractivity contribution in [3.8, 4) is 0 Å². The second-order valence-corrected chi connectivity index (χ2v) is 8.08. The summed E-state index contributed by atoms with van der Waals surface area (Å²) in [5, 5.41) is 16.1. The molecule has 0 aromatic heterocycles. The predicted molar refractivity (Wildman–Crippen MR) is 108 cm³/mol. The zero-order chi connectivity index (χ0) is 23.0. The topological polar surface area (TPSA) is 171 Å². The van der Waals surface area contributed by atoms with Gasteiger partial charge in [-0.15, -0.1) is 0 Å². The van der Waals surface area contributed by atoms with Gasteiger partial charge in [-0.25, -0.2) is 0 Å². The Bertz CT molecular complexity index is 666. The number of aliphatic carboxylic acids is 1. The van der Waals surface area contributed by atoms with Crippen LogP contribution in [0.15, 0.2) is 0 Å². The van der Waals surface area contributed by atoms with Crippen molar-refractivity contribution in [1.82, 2.24) is 20.9 Å². The summed E-state index contributed by atoms with van der Waals surface area (Å²) in [6.45, 7) is 6.58. The summed E-state index contributed by atoms with van der Waals surface area (Å²) in [5.74, 6) is -3.48. The molecule has 0 aromatic rings. The molecule has 0 aromatic carbocycles. The van der Waals surface area contributed by atoms with Gasteiger partial charge in [-0.05, 0) is 24.7 Å². The number of nitrogens with zero attached hydrogens (tertiary/aromatic N) is 1. The van der Waals surface area contributed by atoms with Crippen LogP contribution in [-0.2, 0) is 24.0 Å². The van der Waals surface area contributed by atoms with E-state index in [1.165, 1.54) is 4.90 Å². The number of likely N-dealkylation sites (tertiary alicyclic amines) is 1. The summed E-state index contributed by atoms with van der Waals surface area (Å²) < 4.78 is 0. The monoisotopic (exact) mass is 427 g/mol. The molecule has 0 radical (unpaired) electrons. The second-order valence-electron chi connectivity index (χ2n) is 8.08. The van der Waals surface area contributed by atoms with Gasteiger partial charge >= 0.3 is 5.97 Å². The minimum Gasteiger partial charge on any atom is -0.480 e. The van der Waals surface area contributed by atoms with Crippen LogP contribution in [0.4, 0.5) is 0 Å². The lowest BCUT2D eigenvalue weighted by Crippen LogP contribution is -2.56. The summed E-state index contributed by atoms with van der Waals surface area (Å²) in [5.41, 5.74) is 5.73. The Morgan fingerprint density at radius 2 is 1.67 bits per heavy atom. The van der Waals surface area contributed by atoms with Crippen molar-refractivity contribution in [2.24, 2.45) is 17.6 Å². The molecule has 1 aliphatic heterocycles. The molecule has 0 saturated carbocycles. The lowest BCUT2D eigenvalue weighted by atomic mass is 10.0. The van der Waals surface area contributed by atoms with Crippen LogP contribution in [0.25, 0.3) is 0 Å². The van der Waals surface area contributed by atoms with Gasteiger partial charge in [0.1, 0.15) is 18.6 Å². The summed E-state index contributed by atoms with van der Waals surface area (Å²) in [6.07, 6.45) is 1.01. The van der Waals surface area contributed by atoms with Gasteiger partial charge in [-0.3, -0.25) is 24.0 Å². The van der Waals surface area contributed by atoms with Crippen molar-refractivity contribution in [2.75, 3.05) is 19.6 Å². The first-order valence-corrected chi connectivity index (χ1v) is 10.1. The molecular weight excluding hydrogens is 394 g/mol. The third-order valence-electron chi connectivity index (χ3n) is 4.95. The first kappa shape index (κ1) is 25.3. The van der Waals surface area contributed by atoms with E-state index >= 15 is 0 Å². The van der Waals surface area contributed by atoms with Gasteiger partial charge in [0.15, 0.2) is 0 Å². The molecule has 6 N–H and O–H groups in total. The number of carbonyl (C=O) groups excluding carboxylic acids is 4. The maximum atomic E-state index is 13.0. The smallest absolute Gasteiger partial charge is 0.322 e. The molecule has 1 heterocycles. The highest BCUT2D eigenvalue weighted by Crippen LogP contribution is 2.20. The third kappa shape index (κ3) is 7.29. The fourth-order valence-corrected chi connectivity index (χ4v) is 3.09. The lowest BCUT2D eigenvalue weighted by molar-refractivity contribution is -0.143. The van der Waals surface area contributed by atoms with Crippen molar-refractivity contribution < 1.29 is 29.1 Å². The number of carbonyl (C=O) groups is 5. The van der Waals surface area contributed by atoms with E-state index in [2.05, 4.69) is 16.0 Å². The minimum atomic E-state index is -1.18. The van der Waals surface area contributed by atoms with Gasteiger partial charge in [-0.1, -0.05) is 27.7 Å². The molecule has 4 amide bonds. The van der Waals surface area contributed by atoms with Crippen molar-refractivity contribution in [2.45, 2.75) is 58.7 Å². The van der Waals surface area contributed by atoms with Crippen LogP contribution in [0.5, 0.6) is 0 Å². The fourth-order valence-electron chi connectivity index (χ4n) is 3.09. The first-order chi connectivity index (χ1) is 14.0. The Hall–Kier alpha value is -2.69. The Morgan fingerprint density at radius 1 is 1.03 bits per heavy atom. The highest BCUT2D eigenvalue weighted by Gasteiger charge is 2.38. The Morgan fingerprint density at radius 3 is 2.20 bits per heavy atom. The number of hydrogen-bond donors (Lipinski definition) is 5. The lowest BCUT2D eigenvalue weighted by Gasteiger charge is -2.30. The second kappa shape index (κ2) is 11.5. The normalized spacial score (nSPS) is 18.1.